The second kappa shape index (κ2) is 7.45. The minimum Gasteiger partial charge on any atom is -0.480 e. The number of nitrogens with zero attached hydrogens (tertiary/aromatic N) is 2. The SMILES string of the molecule is CCc1ccc2nc(N(C)CC(=O)O)cc(-c3cccc(C(N)=O)c3)c2c1. The summed E-state index contributed by atoms with van der Waals surface area (Å²) in [5, 5.41) is 10.0. The van der Waals surface area contributed by atoms with E-state index in [1.807, 2.05) is 24.3 Å². The number of carbonyl (C=O) groups excluding carboxylic acids is 1. The first-order valence-electron chi connectivity index (χ1n) is 8.66. The minimum absolute atomic E-state index is 0.160. The Labute approximate surface area is 157 Å². The third kappa shape index (κ3) is 3.89. The minimum atomic E-state index is -0.932. The summed E-state index contributed by atoms with van der Waals surface area (Å²) < 4.78 is 0. The first-order valence-corrected chi connectivity index (χ1v) is 8.66. The molecule has 1 aromatic heterocycles. The number of hydrogen-bond acceptors (Lipinski definition) is 4. The van der Waals surface area contributed by atoms with Crippen molar-refractivity contribution in [2.45, 2.75) is 13.3 Å². The molecule has 3 aromatic rings. The number of pyridine rings is 1. The Balaban J connectivity index is 2.25. The second-order valence-corrected chi connectivity index (χ2v) is 6.43. The Hall–Kier alpha value is -3.41. The van der Waals surface area contributed by atoms with Crippen LogP contribution in [0.1, 0.15) is 22.8 Å². The van der Waals surface area contributed by atoms with Crippen molar-refractivity contribution in [2.75, 3.05) is 18.5 Å². The van der Waals surface area contributed by atoms with E-state index in [1.54, 1.807) is 30.1 Å². The van der Waals surface area contributed by atoms with Gasteiger partial charge in [-0.15, -0.1) is 0 Å². The highest BCUT2D eigenvalue weighted by Gasteiger charge is 2.14. The van der Waals surface area contributed by atoms with Crippen LogP contribution >= 0.6 is 0 Å². The zero-order valence-corrected chi connectivity index (χ0v) is 15.3. The molecule has 3 rings (SSSR count). The fraction of sp³-hybridized carbons (Fsp3) is 0.190. The van der Waals surface area contributed by atoms with Gasteiger partial charge in [-0.05, 0) is 53.4 Å². The van der Waals surface area contributed by atoms with Gasteiger partial charge in [0.1, 0.15) is 12.4 Å². The topological polar surface area (TPSA) is 96.5 Å². The van der Waals surface area contributed by atoms with E-state index in [0.717, 1.165) is 28.5 Å². The quantitative estimate of drug-likeness (QED) is 0.701. The highest BCUT2D eigenvalue weighted by atomic mass is 16.4. The molecular weight excluding hydrogens is 342 g/mol. The molecule has 0 aliphatic carbocycles. The van der Waals surface area contributed by atoms with Crippen LogP contribution in [-0.4, -0.2) is 35.6 Å². The summed E-state index contributed by atoms with van der Waals surface area (Å²) >= 11 is 0. The van der Waals surface area contributed by atoms with E-state index in [0.29, 0.717) is 11.4 Å². The van der Waals surface area contributed by atoms with Gasteiger partial charge in [0.05, 0.1) is 5.52 Å². The van der Waals surface area contributed by atoms with E-state index < -0.39 is 11.9 Å². The Morgan fingerprint density at radius 3 is 2.59 bits per heavy atom. The van der Waals surface area contributed by atoms with Crippen LogP contribution in [0.3, 0.4) is 0 Å². The fourth-order valence-corrected chi connectivity index (χ4v) is 3.04. The molecule has 0 radical (unpaired) electrons. The summed E-state index contributed by atoms with van der Waals surface area (Å²) in [5.41, 5.74) is 9.49. The monoisotopic (exact) mass is 363 g/mol. The third-order valence-electron chi connectivity index (χ3n) is 4.49. The molecule has 3 N–H and O–H groups in total. The summed E-state index contributed by atoms with van der Waals surface area (Å²) in [6.45, 7) is 1.92. The number of carboxylic acid groups (broad SMARTS) is 1. The third-order valence-corrected chi connectivity index (χ3v) is 4.49. The lowest BCUT2D eigenvalue weighted by molar-refractivity contribution is -0.135. The van der Waals surface area contributed by atoms with E-state index in [4.69, 9.17) is 10.8 Å². The Kier molecular flexibility index (Phi) is 5.07. The van der Waals surface area contributed by atoms with Crippen LogP contribution in [0.4, 0.5) is 5.82 Å². The summed E-state index contributed by atoms with van der Waals surface area (Å²) in [6, 6.07) is 15.0. The average molecular weight is 363 g/mol. The highest BCUT2D eigenvalue weighted by Crippen LogP contribution is 2.32. The molecule has 0 saturated carbocycles. The van der Waals surface area contributed by atoms with Crippen molar-refractivity contribution in [3.63, 3.8) is 0 Å². The van der Waals surface area contributed by atoms with Crippen LogP contribution in [0.25, 0.3) is 22.0 Å². The molecule has 0 aliphatic heterocycles. The predicted molar refractivity (Wildman–Crippen MR) is 106 cm³/mol. The van der Waals surface area contributed by atoms with Gasteiger partial charge in [-0.3, -0.25) is 9.59 Å². The van der Waals surface area contributed by atoms with E-state index in [1.165, 1.54) is 5.56 Å². The molecule has 6 heteroatoms. The smallest absolute Gasteiger partial charge is 0.323 e. The van der Waals surface area contributed by atoms with Crippen molar-refractivity contribution < 1.29 is 14.7 Å². The van der Waals surface area contributed by atoms with Crippen LogP contribution in [0, 0.1) is 0 Å². The van der Waals surface area contributed by atoms with Gasteiger partial charge in [0.15, 0.2) is 0 Å². The van der Waals surface area contributed by atoms with Crippen LogP contribution in [-0.2, 0) is 11.2 Å². The van der Waals surface area contributed by atoms with Crippen molar-refractivity contribution >= 4 is 28.6 Å². The number of aliphatic carboxylic acids is 1. The first kappa shape index (κ1) is 18.4. The van der Waals surface area contributed by atoms with Gasteiger partial charge in [0.2, 0.25) is 5.91 Å². The zero-order chi connectivity index (χ0) is 19.6. The standard InChI is InChI=1S/C21H21N3O3/c1-3-13-7-8-18-17(9-13)16(11-19(23-18)24(2)12-20(25)26)14-5-4-6-15(10-14)21(22)27/h4-11H,3,12H2,1-2H3,(H2,22,27)(H,25,26). The Morgan fingerprint density at radius 2 is 1.93 bits per heavy atom. The zero-order valence-electron chi connectivity index (χ0n) is 15.3. The maximum absolute atomic E-state index is 11.6. The van der Waals surface area contributed by atoms with Crippen LogP contribution < -0.4 is 10.6 Å². The summed E-state index contributed by atoms with van der Waals surface area (Å²) in [4.78, 5) is 28.9. The molecule has 0 fully saturated rings. The van der Waals surface area contributed by atoms with Gasteiger partial charge < -0.3 is 15.7 Å². The molecule has 0 aliphatic rings. The lowest BCUT2D eigenvalue weighted by Gasteiger charge is -2.19. The Morgan fingerprint density at radius 1 is 1.15 bits per heavy atom. The van der Waals surface area contributed by atoms with Crippen molar-refractivity contribution in [2.24, 2.45) is 5.73 Å². The number of nitrogens with two attached hydrogens (primary N) is 1. The lowest BCUT2D eigenvalue weighted by atomic mass is 9.97. The molecule has 6 nitrogen and oxygen atoms in total. The fourth-order valence-electron chi connectivity index (χ4n) is 3.04. The van der Waals surface area contributed by atoms with Gasteiger partial charge in [-0.2, -0.15) is 0 Å². The molecule has 27 heavy (non-hydrogen) atoms. The van der Waals surface area contributed by atoms with E-state index in [2.05, 4.69) is 18.0 Å². The number of carbonyl (C=O) groups is 2. The Bertz CT molecular complexity index is 1030. The molecule has 138 valence electrons. The van der Waals surface area contributed by atoms with E-state index in [9.17, 15) is 9.59 Å². The van der Waals surface area contributed by atoms with Crippen molar-refractivity contribution in [1.29, 1.82) is 0 Å². The summed E-state index contributed by atoms with van der Waals surface area (Å²) in [5.74, 6) is -0.876. The summed E-state index contributed by atoms with van der Waals surface area (Å²) in [7, 11) is 1.69. The number of carboxylic acids is 1. The number of likely N-dealkylation sites (N-methyl/N-ethyl adjacent to an activating group) is 1. The number of amides is 1. The number of aryl methyl sites for hydroxylation is 1. The lowest BCUT2D eigenvalue weighted by Crippen LogP contribution is -2.26. The number of hydrogen-bond donors (Lipinski definition) is 2. The van der Waals surface area contributed by atoms with Crippen molar-refractivity contribution in [3.8, 4) is 11.1 Å². The number of aromatic nitrogens is 1. The second-order valence-electron chi connectivity index (χ2n) is 6.43. The van der Waals surface area contributed by atoms with Crippen molar-refractivity contribution in [1.82, 2.24) is 4.98 Å². The van der Waals surface area contributed by atoms with Gasteiger partial charge in [0.25, 0.3) is 0 Å². The molecule has 1 heterocycles. The number of anilines is 1. The summed E-state index contributed by atoms with van der Waals surface area (Å²) in [6.07, 6.45) is 0.886. The highest BCUT2D eigenvalue weighted by molar-refractivity contribution is 5.99. The number of fused-ring (bicyclic) bond motifs is 1. The van der Waals surface area contributed by atoms with Gasteiger partial charge in [0, 0.05) is 18.0 Å². The molecule has 0 bridgehead atoms. The molecule has 0 spiro atoms. The van der Waals surface area contributed by atoms with Gasteiger partial charge >= 0.3 is 5.97 Å². The van der Waals surface area contributed by atoms with E-state index in [-0.39, 0.29) is 6.54 Å². The number of benzene rings is 2. The van der Waals surface area contributed by atoms with Crippen LogP contribution in [0.2, 0.25) is 0 Å². The van der Waals surface area contributed by atoms with Crippen LogP contribution in [0.5, 0.6) is 0 Å². The molecule has 0 saturated heterocycles. The number of primary amides is 1. The molecule has 1 amide bonds. The molecular formula is C21H21N3O3. The predicted octanol–water partition coefficient (Wildman–Crippen LogP) is 3.08. The maximum atomic E-state index is 11.6. The maximum Gasteiger partial charge on any atom is 0.323 e. The molecule has 0 atom stereocenters. The van der Waals surface area contributed by atoms with E-state index >= 15 is 0 Å². The number of rotatable bonds is 6. The molecule has 2 aromatic carbocycles. The van der Waals surface area contributed by atoms with Gasteiger partial charge in [-0.25, -0.2) is 4.98 Å². The first-order chi connectivity index (χ1) is 12.9. The normalized spacial score (nSPS) is 10.7. The average Bonchev–Trinajstić information content (AvgIpc) is 2.66. The molecule has 0 unspecified atom stereocenters. The van der Waals surface area contributed by atoms with Gasteiger partial charge in [-0.1, -0.05) is 25.1 Å². The van der Waals surface area contributed by atoms with Crippen LogP contribution in [0.15, 0.2) is 48.5 Å². The largest absolute Gasteiger partial charge is 0.480 e. The van der Waals surface area contributed by atoms with Crippen molar-refractivity contribution in [3.05, 3.63) is 59.7 Å².